The molecule has 0 bridgehead atoms. The first kappa shape index (κ1) is 59.1. The number of benzene rings is 2. The van der Waals surface area contributed by atoms with Crippen LogP contribution in [0, 0.1) is 0 Å². The van der Waals surface area contributed by atoms with E-state index in [4.69, 9.17) is 0 Å². The number of ketones is 6. The molecule has 4 rings (SSSR count). The molecule has 0 unspecified atom stereocenters. The Morgan fingerprint density at radius 2 is 0.688 bits per heavy atom. The first-order valence-corrected chi connectivity index (χ1v) is 19.7. The van der Waals surface area contributed by atoms with E-state index in [2.05, 4.69) is 54.0 Å². The number of unbranched alkanes of at least 4 members (excludes halogenated alkanes) is 3. The molecule has 0 N–H and O–H groups in total. The van der Waals surface area contributed by atoms with E-state index in [9.17, 15) is 58.5 Å². The molecule has 0 aliphatic carbocycles. The number of allylic oxidation sites excluding steroid dienone is 3. The summed E-state index contributed by atoms with van der Waals surface area (Å²) in [5.74, 6) is -9.93. The summed E-state index contributed by atoms with van der Waals surface area (Å²) in [5, 5.41) is 29.8. The maximum absolute atomic E-state index is 10.9. The van der Waals surface area contributed by atoms with Crippen LogP contribution in [0.3, 0.4) is 0 Å². The van der Waals surface area contributed by atoms with Gasteiger partial charge >= 0.3 is 20.1 Å². The number of aromatic nitrogens is 2. The van der Waals surface area contributed by atoms with Crippen LogP contribution in [0.1, 0.15) is 77.0 Å². The topological polar surface area (TPSA) is 249 Å². The van der Waals surface area contributed by atoms with E-state index in [1.165, 1.54) is 0 Å². The Balaban J connectivity index is 0. The molecule has 14 nitrogen and oxygen atoms in total. The summed E-state index contributed by atoms with van der Waals surface area (Å²) in [4.78, 5) is 102. The Bertz CT molecular complexity index is 1810. The zero-order valence-corrected chi connectivity index (χ0v) is 37.8. The Labute approximate surface area is 386 Å². The quantitative estimate of drug-likeness (QED) is 0.0434. The number of carbonyl (C=O) groups excluding carboxylic acids is 9. The molecular formula is C49H51IrN2O12. The SMILES string of the molecule is C=CCCCC(=O)CC(=O)C(=O)[O-].C=CCCCC(=O)CC(=O)C(=O)[O-].C=CCCCC(=O)CC(=O)C(=O)[O-].[Ir+3].c1ccc(-c2ccccn2)cc1.c1ccc(-c2ccccn2)cc1. The molecule has 0 saturated heterocycles. The monoisotopic (exact) mass is 1050 g/mol. The van der Waals surface area contributed by atoms with Gasteiger partial charge in [0.1, 0.15) is 35.3 Å². The molecule has 0 atom stereocenters. The minimum atomic E-state index is -1.79. The van der Waals surface area contributed by atoms with Crippen LogP contribution >= 0.6 is 0 Å². The zero-order chi connectivity index (χ0) is 47.3. The minimum absolute atomic E-state index is 0. The van der Waals surface area contributed by atoms with Gasteiger partial charge in [-0.05, 0) is 62.8 Å². The summed E-state index contributed by atoms with van der Waals surface area (Å²) in [7, 11) is 0. The molecule has 338 valence electrons. The van der Waals surface area contributed by atoms with Crippen LogP contribution in [-0.2, 0) is 63.3 Å². The third-order valence-electron chi connectivity index (χ3n) is 7.82. The summed E-state index contributed by atoms with van der Waals surface area (Å²) in [5.41, 5.74) is 4.38. The van der Waals surface area contributed by atoms with Crippen molar-refractivity contribution in [1.82, 2.24) is 9.97 Å². The zero-order valence-electron chi connectivity index (χ0n) is 35.4. The van der Waals surface area contributed by atoms with Gasteiger partial charge in [0.15, 0.2) is 17.3 Å². The molecule has 0 saturated carbocycles. The van der Waals surface area contributed by atoms with Crippen LogP contribution in [-0.4, -0.2) is 62.6 Å². The van der Waals surface area contributed by atoms with Crippen LogP contribution in [0.15, 0.2) is 147 Å². The van der Waals surface area contributed by atoms with Crippen LogP contribution < -0.4 is 15.3 Å². The molecular weight excluding hydrogens is 1000 g/mol. The van der Waals surface area contributed by atoms with Gasteiger partial charge in [0.25, 0.3) is 0 Å². The summed E-state index contributed by atoms with van der Waals surface area (Å²) in [6, 6.07) is 32.2. The molecule has 0 aliphatic rings. The molecule has 0 spiro atoms. The minimum Gasteiger partial charge on any atom is -0.542 e. The fourth-order valence-corrected chi connectivity index (χ4v) is 4.63. The molecule has 0 aliphatic heterocycles. The van der Waals surface area contributed by atoms with Crippen LogP contribution in [0.5, 0.6) is 0 Å². The number of aliphatic carboxylic acids is 3. The Morgan fingerprint density at radius 1 is 0.422 bits per heavy atom. The number of Topliss-reactive ketones (excluding diaryl/α,β-unsaturated/α-hetero) is 6. The molecule has 2 aromatic carbocycles. The van der Waals surface area contributed by atoms with Crippen molar-refractivity contribution >= 4 is 52.6 Å². The van der Waals surface area contributed by atoms with Crippen molar-refractivity contribution in [3.63, 3.8) is 0 Å². The van der Waals surface area contributed by atoms with Gasteiger partial charge in [0, 0.05) is 42.8 Å². The standard InChI is InChI=1S/2C11H9N.3C9H12O4.Ir/c2*1-2-6-10(7-3-1)11-8-4-5-9-12-11;3*1-2-3-4-5-7(10)6-8(11)9(12)13;/h2*1-9H;3*2H,1,3-6H2,(H,12,13);/q;;;;;+3/p-3. The predicted molar refractivity (Wildman–Crippen MR) is 230 cm³/mol. The van der Waals surface area contributed by atoms with E-state index in [1.54, 1.807) is 18.2 Å². The van der Waals surface area contributed by atoms with Crippen molar-refractivity contribution in [3.05, 3.63) is 147 Å². The van der Waals surface area contributed by atoms with Crippen molar-refractivity contribution in [2.45, 2.75) is 77.0 Å². The van der Waals surface area contributed by atoms with Gasteiger partial charge in [0.05, 0.1) is 30.7 Å². The summed E-state index contributed by atoms with van der Waals surface area (Å²) < 4.78 is 0. The predicted octanol–water partition coefficient (Wildman–Crippen LogP) is 4.36. The van der Waals surface area contributed by atoms with Gasteiger partial charge in [-0.25, -0.2) is 0 Å². The van der Waals surface area contributed by atoms with E-state index >= 15 is 0 Å². The van der Waals surface area contributed by atoms with E-state index in [0.29, 0.717) is 38.5 Å². The van der Waals surface area contributed by atoms with Crippen molar-refractivity contribution < 1.29 is 78.6 Å². The fraction of sp³-hybridized carbons (Fsp3) is 0.245. The van der Waals surface area contributed by atoms with Crippen LogP contribution in [0.2, 0.25) is 0 Å². The molecule has 2 aromatic heterocycles. The van der Waals surface area contributed by atoms with Gasteiger partial charge < -0.3 is 29.7 Å². The molecule has 0 fully saturated rings. The average Bonchev–Trinajstić information content (AvgIpc) is 3.28. The summed E-state index contributed by atoms with van der Waals surface area (Å²) in [6.45, 7) is 10.4. The van der Waals surface area contributed by atoms with Gasteiger partial charge in [-0.1, -0.05) is 91.0 Å². The van der Waals surface area contributed by atoms with E-state index in [0.717, 1.165) is 22.5 Å². The van der Waals surface area contributed by atoms with Gasteiger partial charge in [0.2, 0.25) is 0 Å². The maximum atomic E-state index is 10.9. The summed E-state index contributed by atoms with van der Waals surface area (Å²) >= 11 is 0. The second kappa shape index (κ2) is 37.8. The second-order valence-electron chi connectivity index (χ2n) is 13.0. The third kappa shape index (κ3) is 31.0. The number of pyridine rings is 2. The van der Waals surface area contributed by atoms with E-state index < -0.39 is 54.5 Å². The molecule has 2 heterocycles. The third-order valence-corrected chi connectivity index (χ3v) is 7.82. The molecule has 4 aromatic rings. The smallest absolute Gasteiger partial charge is 0.542 e. The average molecular weight is 1050 g/mol. The maximum Gasteiger partial charge on any atom is 3.00 e. The Kier molecular flexibility index (Phi) is 34.9. The van der Waals surface area contributed by atoms with Gasteiger partial charge in [-0.15, -0.1) is 19.7 Å². The number of rotatable bonds is 23. The number of nitrogens with zero attached hydrogens (tertiary/aromatic N) is 2. The van der Waals surface area contributed by atoms with Crippen molar-refractivity contribution in [3.8, 4) is 22.5 Å². The molecule has 64 heavy (non-hydrogen) atoms. The van der Waals surface area contributed by atoms with Crippen LogP contribution in [0.4, 0.5) is 0 Å². The van der Waals surface area contributed by atoms with E-state index in [-0.39, 0.29) is 56.7 Å². The number of carboxylic acid groups (broad SMARTS) is 3. The number of hydrogen-bond acceptors (Lipinski definition) is 14. The molecule has 0 amide bonds. The normalized spacial score (nSPS) is 9.25. The molecule has 0 radical (unpaired) electrons. The fourth-order valence-electron chi connectivity index (χ4n) is 4.63. The number of carboxylic acids is 3. The Morgan fingerprint density at radius 3 is 0.906 bits per heavy atom. The van der Waals surface area contributed by atoms with Gasteiger partial charge in [-0.2, -0.15) is 0 Å². The van der Waals surface area contributed by atoms with E-state index in [1.807, 2.05) is 85.2 Å². The number of hydrogen-bond donors (Lipinski definition) is 0. The Hall–Kier alpha value is -6.96. The largest absolute Gasteiger partial charge is 3.00 e. The van der Waals surface area contributed by atoms with Crippen molar-refractivity contribution in [2.75, 3.05) is 0 Å². The van der Waals surface area contributed by atoms with Gasteiger partial charge in [-0.3, -0.25) is 38.7 Å². The summed E-state index contributed by atoms with van der Waals surface area (Å²) in [6.07, 6.45) is 11.4. The van der Waals surface area contributed by atoms with Crippen molar-refractivity contribution in [1.29, 1.82) is 0 Å². The second-order valence-corrected chi connectivity index (χ2v) is 13.0. The van der Waals surface area contributed by atoms with Crippen LogP contribution in [0.25, 0.3) is 22.5 Å². The van der Waals surface area contributed by atoms with Crippen molar-refractivity contribution in [2.24, 2.45) is 0 Å². The number of carbonyl (C=O) groups is 9. The molecule has 15 heteroatoms. The first-order chi connectivity index (χ1) is 30.2. The first-order valence-electron chi connectivity index (χ1n) is 19.7.